The summed E-state index contributed by atoms with van der Waals surface area (Å²) in [4.78, 5) is 0. The van der Waals surface area contributed by atoms with Crippen LogP contribution in [-0.4, -0.2) is 20.6 Å². The van der Waals surface area contributed by atoms with E-state index in [1.807, 2.05) is 0 Å². The van der Waals surface area contributed by atoms with Crippen LogP contribution in [0.5, 0.6) is 5.75 Å². The molecule has 4 nitrogen and oxygen atoms in total. The molecule has 0 saturated carbocycles. The second kappa shape index (κ2) is 5.32. The van der Waals surface area contributed by atoms with Gasteiger partial charge >= 0.3 is 0 Å². The van der Waals surface area contributed by atoms with Gasteiger partial charge in [-0.15, -0.1) is 11.3 Å². The summed E-state index contributed by atoms with van der Waals surface area (Å²) >= 11 is 10.1. The molecular formula is C11H9BrClNO3S2. The summed E-state index contributed by atoms with van der Waals surface area (Å²) in [5.74, 6) is 0.00458. The number of phenols is 1. The van der Waals surface area contributed by atoms with Crippen LogP contribution in [0.1, 0.15) is 0 Å². The van der Waals surface area contributed by atoms with Gasteiger partial charge in [-0.25, -0.2) is 8.42 Å². The van der Waals surface area contributed by atoms with Gasteiger partial charge in [-0.2, -0.15) is 0 Å². The Morgan fingerprint density at radius 2 is 2.05 bits per heavy atom. The Hall–Kier alpha value is -0.760. The van der Waals surface area contributed by atoms with Crippen LogP contribution in [0.15, 0.2) is 38.3 Å². The van der Waals surface area contributed by atoms with E-state index in [4.69, 9.17) is 11.6 Å². The molecule has 0 spiro atoms. The molecule has 102 valence electrons. The van der Waals surface area contributed by atoms with Gasteiger partial charge in [0.2, 0.25) is 0 Å². The molecule has 0 atom stereocenters. The third kappa shape index (κ3) is 2.89. The van der Waals surface area contributed by atoms with E-state index in [2.05, 4.69) is 15.9 Å². The van der Waals surface area contributed by atoms with Crippen molar-refractivity contribution in [3.05, 3.63) is 39.1 Å². The van der Waals surface area contributed by atoms with Crippen LogP contribution in [0.25, 0.3) is 0 Å². The minimum atomic E-state index is -3.68. The van der Waals surface area contributed by atoms with E-state index in [0.717, 1.165) is 15.6 Å². The molecule has 0 saturated heterocycles. The second-order valence-corrected chi connectivity index (χ2v) is 8.65. The summed E-state index contributed by atoms with van der Waals surface area (Å²) in [5, 5.41) is 9.75. The fourth-order valence-corrected chi connectivity index (χ4v) is 5.17. The Morgan fingerprint density at radius 1 is 1.37 bits per heavy atom. The zero-order chi connectivity index (χ0) is 14.2. The zero-order valence-corrected chi connectivity index (χ0v) is 13.6. The molecule has 0 amide bonds. The monoisotopic (exact) mass is 381 g/mol. The van der Waals surface area contributed by atoms with Crippen LogP contribution in [0, 0.1) is 0 Å². The van der Waals surface area contributed by atoms with Gasteiger partial charge in [-0.05, 0) is 34.1 Å². The second-order valence-electron chi connectivity index (χ2n) is 3.68. The highest BCUT2D eigenvalue weighted by atomic mass is 79.9. The molecule has 0 aliphatic carbocycles. The molecule has 1 heterocycles. The van der Waals surface area contributed by atoms with E-state index in [0.29, 0.717) is 14.5 Å². The number of benzene rings is 1. The van der Waals surface area contributed by atoms with Crippen molar-refractivity contribution in [3.63, 3.8) is 0 Å². The predicted octanol–water partition coefficient (Wildman–Crippen LogP) is 3.69. The normalized spacial score (nSPS) is 11.5. The summed E-state index contributed by atoms with van der Waals surface area (Å²) in [6.45, 7) is 0. The van der Waals surface area contributed by atoms with Crippen molar-refractivity contribution in [2.24, 2.45) is 0 Å². The maximum absolute atomic E-state index is 12.4. The summed E-state index contributed by atoms with van der Waals surface area (Å²) in [5.41, 5.74) is 0.376. The number of hydrogen-bond donors (Lipinski definition) is 1. The van der Waals surface area contributed by atoms with E-state index in [1.54, 1.807) is 12.1 Å². The van der Waals surface area contributed by atoms with Gasteiger partial charge < -0.3 is 5.11 Å². The zero-order valence-electron chi connectivity index (χ0n) is 9.67. The van der Waals surface area contributed by atoms with Crippen molar-refractivity contribution in [2.75, 3.05) is 11.4 Å². The van der Waals surface area contributed by atoms with Gasteiger partial charge in [0.15, 0.2) is 0 Å². The standard InChI is InChI=1S/C11H9BrClNO3S2/c1-14(7-3-2-4-8(15)5-7)19(16,17)10-6-9(13)11(12)18-10/h2-6,15H,1H3. The van der Waals surface area contributed by atoms with Gasteiger partial charge in [-0.1, -0.05) is 17.7 Å². The number of rotatable bonds is 3. The molecule has 0 aliphatic rings. The van der Waals surface area contributed by atoms with Crippen LogP contribution in [0.3, 0.4) is 0 Å². The third-order valence-corrected chi connectivity index (χ3v) is 7.14. The van der Waals surface area contributed by atoms with Crippen LogP contribution in [0.2, 0.25) is 5.02 Å². The Balaban J connectivity index is 2.45. The number of halogens is 2. The molecule has 0 aliphatic heterocycles. The Kier molecular flexibility index (Phi) is 4.10. The fourth-order valence-electron chi connectivity index (χ4n) is 1.42. The molecule has 0 fully saturated rings. The fraction of sp³-hybridized carbons (Fsp3) is 0.0909. The van der Waals surface area contributed by atoms with Gasteiger partial charge in [0.1, 0.15) is 9.96 Å². The number of thiophene rings is 1. The topological polar surface area (TPSA) is 57.6 Å². The maximum atomic E-state index is 12.4. The van der Waals surface area contributed by atoms with Crippen molar-refractivity contribution in [2.45, 2.75) is 4.21 Å². The first kappa shape index (κ1) is 14.6. The molecule has 1 aromatic heterocycles. The molecule has 2 rings (SSSR count). The highest BCUT2D eigenvalue weighted by Crippen LogP contribution is 2.36. The van der Waals surface area contributed by atoms with Gasteiger partial charge in [-0.3, -0.25) is 4.31 Å². The van der Waals surface area contributed by atoms with Gasteiger partial charge in [0.25, 0.3) is 10.0 Å². The lowest BCUT2D eigenvalue weighted by Crippen LogP contribution is -2.25. The van der Waals surface area contributed by atoms with E-state index in [-0.39, 0.29) is 9.96 Å². The highest BCUT2D eigenvalue weighted by Gasteiger charge is 2.24. The summed E-state index contributed by atoms with van der Waals surface area (Å²) in [6.07, 6.45) is 0. The lowest BCUT2D eigenvalue weighted by atomic mass is 10.3. The van der Waals surface area contributed by atoms with Crippen molar-refractivity contribution < 1.29 is 13.5 Å². The molecule has 1 N–H and O–H groups in total. The number of anilines is 1. The number of hydrogen-bond acceptors (Lipinski definition) is 4. The number of nitrogens with zero attached hydrogens (tertiary/aromatic N) is 1. The van der Waals surface area contributed by atoms with Crippen LogP contribution in [0.4, 0.5) is 5.69 Å². The molecular weight excluding hydrogens is 374 g/mol. The molecule has 19 heavy (non-hydrogen) atoms. The van der Waals surface area contributed by atoms with Gasteiger partial charge in [0, 0.05) is 13.1 Å². The first-order chi connectivity index (χ1) is 8.82. The number of aromatic hydroxyl groups is 1. The maximum Gasteiger partial charge on any atom is 0.273 e. The average molecular weight is 383 g/mol. The highest BCUT2D eigenvalue weighted by molar-refractivity contribution is 9.11. The minimum absolute atomic E-state index is 0.00458. The molecule has 0 unspecified atom stereocenters. The smallest absolute Gasteiger partial charge is 0.273 e. The van der Waals surface area contributed by atoms with Crippen molar-refractivity contribution in [1.82, 2.24) is 0 Å². The molecule has 0 radical (unpaired) electrons. The van der Waals surface area contributed by atoms with Crippen LogP contribution < -0.4 is 4.31 Å². The number of sulfonamides is 1. The lowest BCUT2D eigenvalue weighted by Gasteiger charge is -2.18. The average Bonchev–Trinajstić information content (AvgIpc) is 2.69. The first-order valence-corrected chi connectivity index (χ1v) is 8.48. The molecule has 1 aromatic carbocycles. The predicted molar refractivity (Wildman–Crippen MR) is 80.7 cm³/mol. The van der Waals surface area contributed by atoms with Crippen LogP contribution >= 0.6 is 38.9 Å². The van der Waals surface area contributed by atoms with Crippen molar-refractivity contribution in [3.8, 4) is 5.75 Å². The molecule has 0 bridgehead atoms. The first-order valence-electron chi connectivity index (χ1n) is 5.05. The van der Waals surface area contributed by atoms with E-state index >= 15 is 0 Å². The summed E-state index contributed by atoms with van der Waals surface area (Å²) in [7, 11) is -2.26. The number of phenolic OH excluding ortho intramolecular Hbond substituents is 1. The quantitative estimate of drug-likeness (QED) is 0.880. The van der Waals surface area contributed by atoms with Crippen molar-refractivity contribution >= 4 is 54.6 Å². The summed E-state index contributed by atoms with van der Waals surface area (Å²) < 4.78 is 26.6. The lowest BCUT2D eigenvalue weighted by molar-refractivity contribution is 0.475. The van der Waals surface area contributed by atoms with Crippen molar-refractivity contribution in [1.29, 1.82) is 0 Å². The molecule has 2 aromatic rings. The van der Waals surface area contributed by atoms with E-state index in [9.17, 15) is 13.5 Å². The Labute approximate surface area is 128 Å². The van der Waals surface area contributed by atoms with Gasteiger partial charge in [0.05, 0.1) is 14.5 Å². The molecule has 8 heteroatoms. The Bertz CT molecular complexity index is 695. The van der Waals surface area contributed by atoms with E-state index < -0.39 is 10.0 Å². The largest absolute Gasteiger partial charge is 0.508 e. The van der Waals surface area contributed by atoms with E-state index in [1.165, 1.54) is 25.2 Å². The SMILES string of the molecule is CN(c1cccc(O)c1)S(=O)(=O)c1cc(Cl)c(Br)s1. The minimum Gasteiger partial charge on any atom is -0.508 e. The van der Waals surface area contributed by atoms with Crippen LogP contribution in [-0.2, 0) is 10.0 Å². The third-order valence-electron chi connectivity index (χ3n) is 2.43. The Morgan fingerprint density at radius 3 is 2.58 bits per heavy atom. The summed E-state index contributed by atoms with van der Waals surface area (Å²) in [6, 6.07) is 7.42.